The van der Waals surface area contributed by atoms with Crippen molar-refractivity contribution >= 4 is 5.78 Å². The summed E-state index contributed by atoms with van der Waals surface area (Å²) in [4.78, 5) is 13.1. The van der Waals surface area contributed by atoms with Crippen LogP contribution in [0.25, 0.3) is 0 Å². The number of Topliss-reactive ketones (excluding diaryl/α,β-unsaturated/α-hetero) is 1. The molecule has 4 nitrogen and oxygen atoms in total. The van der Waals surface area contributed by atoms with E-state index in [0.29, 0.717) is 38.4 Å². The number of hydrogen-bond donors (Lipinski definition) is 0. The quantitative estimate of drug-likeness (QED) is 0.794. The van der Waals surface area contributed by atoms with Gasteiger partial charge in [-0.25, -0.2) is 0 Å². The minimum Gasteiger partial charge on any atom is -0.381 e. The van der Waals surface area contributed by atoms with E-state index in [0.717, 1.165) is 32.3 Å². The average Bonchev–Trinajstić information content (AvgIpc) is 2.46. The number of rotatable bonds is 4. The summed E-state index contributed by atoms with van der Waals surface area (Å²) < 4.78 is 17.3. The van der Waals surface area contributed by atoms with Crippen LogP contribution in [0, 0.1) is 5.92 Å². The molecule has 3 rings (SSSR count). The summed E-state index contributed by atoms with van der Waals surface area (Å²) in [7, 11) is 0. The summed E-state index contributed by atoms with van der Waals surface area (Å²) in [5, 5.41) is 0. The van der Waals surface area contributed by atoms with E-state index in [-0.39, 0.29) is 11.5 Å². The summed E-state index contributed by atoms with van der Waals surface area (Å²) in [5.41, 5.74) is -0.558. The predicted molar refractivity (Wildman–Crippen MR) is 74.7 cm³/mol. The first kappa shape index (κ1) is 14.5. The molecule has 0 aromatic heterocycles. The Bertz CT molecular complexity index is 350. The Balaban J connectivity index is 1.71. The first-order valence-corrected chi connectivity index (χ1v) is 8.10. The molecule has 0 aromatic rings. The van der Waals surface area contributed by atoms with Crippen LogP contribution in [0.2, 0.25) is 0 Å². The van der Waals surface area contributed by atoms with E-state index in [2.05, 4.69) is 0 Å². The lowest BCUT2D eigenvalue weighted by Crippen LogP contribution is -2.54. The van der Waals surface area contributed by atoms with Crippen molar-refractivity contribution in [3.05, 3.63) is 0 Å². The highest BCUT2D eigenvalue weighted by atomic mass is 16.5. The third kappa shape index (κ3) is 2.53. The number of ketones is 1. The summed E-state index contributed by atoms with van der Waals surface area (Å²) in [6.07, 6.45) is 6.68. The van der Waals surface area contributed by atoms with E-state index < -0.39 is 5.60 Å². The smallest absolute Gasteiger partial charge is 0.168 e. The van der Waals surface area contributed by atoms with Crippen molar-refractivity contribution in [2.45, 2.75) is 63.1 Å². The number of carbonyl (C=O) groups is 1. The lowest BCUT2D eigenvalue weighted by Gasteiger charge is -2.48. The standard InChI is InChI=1S/C16H26O4/c1-2-19-16(7-10-18-11-8-16)14(17)13-4-9-20-15(12-13)5-3-6-15/h13H,2-12H2,1H3. The van der Waals surface area contributed by atoms with Gasteiger partial charge in [0.15, 0.2) is 5.78 Å². The maximum Gasteiger partial charge on any atom is 0.168 e. The fraction of sp³-hybridized carbons (Fsp3) is 0.938. The molecule has 1 saturated carbocycles. The molecule has 0 amide bonds. The van der Waals surface area contributed by atoms with E-state index in [1.165, 1.54) is 6.42 Å². The number of hydrogen-bond acceptors (Lipinski definition) is 4. The molecule has 1 atom stereocenters. The van der Waals surface area contributed by atoms with Crippen molar-refractivity contribution in [2.75, 3.05) is 26.4 Å². The van der Waals surface area contributed by atoms with E-state index >= 15 is 0 Å². The molecular formula is C16H26O4. The Morgan fingerprint density at radius 3 is 2.55 bits per heavy atom. The Kier molecular flexibility index (Phi) is 4.16. The van der Waals surface area contributed by atoms with Gasteiger partial charge in [0.1, 0.15) is 5.60 Å². The lowest BCUT2D eigenvalue weighted by molar-refractivity contribution is -0.178. The summed E-state index contributed by atoms with van der Waals surface area (Å²) in [5.74, 6) is 0.436. The second-order valence-electron chi connectivity index (χ2n) is 6.48. The Morgan fingerprint density at radius 1 is 1.20 bits per heavy atom. The van der Waals surface area contributed by atoms with Crippen LogP contribution in [0.4, 0.5) is 0 Å². The molecule has 0 radical (unpaired) electrons. The van der Waals surface area contributed by atoms with Gasteiger partial charge in [-0.2, -0.15) is 0 Å². The van der Waals surface area contributed by atoms with Gasteiger partial charge in [0, 0.05) is 45.2 Å². The van der Waals surface area contributed by atoms with Crippen molar-refractivity contribution in [3.8, 4) is 0 Å². The van der Waals surface area contributed by atoms with Crippen molar-refractivity contribution in [1.29, 1.82) is 0 Å². The monoisotopic (exact) mass is 282 g/mol. The van der Waals surface area contributed by atoms with Crippen LogP contribution in [0.3, 0.4) is 0 Å². The third-order valence-electron chi connectivity index (χ3n) is 5.30. The van der Waals surface area contributed by atoms with Crippen molar-refractivity contribution in [1.82, 2.24) is 0 Å². The van der Waals surface area contributed by atoms with Gasteiger partial charge in [0.05, 0.1) is 5.60 Å². The molecule has 114 valence electrons. The summed E-state index contributed by atoms with van der Waals surface area (Å²) in [6.45, 7) is 4.58. The minimum atomic E-state index is -0.583. The summed E-state index contributed by atoms with van der Waals surface area (Å²) >= 11 is 0. The van der Waals surface area contributed by atoms with E-state index in [1.54, 1.807) is 0 Å². The zero-order valence-electron chi connectivity index (χ0n) is 12.5. The molecule has 0 aromatic carbocycles. The van der Waals surface area contributed by atoms with Crippen molar-refractivity contribution in [3.63, 3.8) is 0 Å². The van der Waals surface area contributed by atoms with Crippen molar-refractivity contribution in [2.24, 2.45) is 5.92 Å². The van der Waals surface area contributed by atoms with Gasteiger partial charge < -0.3 is 14.2 Å². The second-order valence-corrected chi connectivity index (χ2v) is 6.48. The first-order valence-electron chi connectivity index (χ1n) is 8.10. The molecule has 0 N–H and O–H groups in total. The molecule has 2 aliphatic heterocycles. The summed E-state index contributed by atoms with van der Waals surface area (Å²) in [6, 6.07) is 0. The van der Waals surface area contributed by atoms with Gasteiger partial charge in [-0.1, -0.05) is 0 Å². The molecular weight excluding hydrogens is 256 g/mol. The molecule has 3 fully saturated rings. The van der Waals surface area contributed by atoms with Crippen LogP contribution in [0.5, 0.6) is 0 Å². The Labute approximate surface area is 121 Å². The topological polar surface area (TPSA) is 44.8 Å². The fourth-order valence-corrected chi connectivity index (χ4v) is 3.98. The van der Waals surface area contributed by atoms with Gasteiger partial charge in [0.25, 0.3) is 0 Å². The van der Waals surface area contributed by atoms with Crippen LogP contribution in [0.1, 0.15) is 51.9 Å². The van der Waals surface area contributed by atoms with Gasteiger partial charge in [-0.15, -0.1) is 0 Å². The highest BCUT2D eigenvalue weighted by Gasteiger charge is 2.49. The average molecular weight is 282 g/mol. The Hall–Kier alpha value is -0.450. The highest BCUT2D eigenvalue weighted by molar-refractivity contribution is 5.89. The van der Waals surface area contributed by atoms with E-state index in [4.69, 9.17) is 14.2 Å². The maximum atomic E-state index is 13.1. The zero-order chi connectivity index (χ0) is 14.1. The number of ether oxygens (including phenoxy) is 3. The van der Waals surface area contributed by atoms with Crippen molar-refractivity contribution < 1.29 is 19.0 Å². The fourth-order valence-electron chi connectivity index (χ4n) is 3.98. The zero-order valence-corrected chi connectivity index (χ0v) is 12.5. The van der Waals surface area contributed by atoms with Crippen LogP contribution in [-0.2, 0) is 19.0 Å². The lowest BCUT2D eigenvalue weighted by atomic mass is 9.68. The minimum absolute atomic E-state index is 0.0249. The third-order valence-corrected chi connectivity index (χ3v) is 5.30. The second kappa shape index (κ2) is 5.74. The van der Waals surface area contributed by atoms with Crippen LogP contribution in [-0.4, -0.2) is 43.4 Å². The molecule has 3 aliphatic rings. The molecule has 0 bridgehead atoms. The first-order chi connectivity index (χ1) is 9.70. The number of carbonyl (C=O) groups excluding carboxylic acids is 1. The molecule has 4 heteroatoms. The SMILES string of the molecule is CCOC1(C(=O)C2CCOC3(CCC3)C2)CCOCC1. The van der Waals surface area contributed by atoms with Gasteiger partial charge in [-0.3, -0.25) is 4.79 Å². The van der Waals surface area contributed by atoms with Gasteiger partial charge >= 0.3 is 0 Å². The largest absolute Gasteiger partial charge is 0.381 e. The molecule has 2 heterocycles. The van der Waals surface area contributed by atoms with E-state index in [9.17, 15) is 4.79 Å². The van der Waals surface area contributed by atoms with Crippen LogP contribution < -0.4 is 0 Å². The maximum absolute atomic E-state index is 13.1. The van der Waals surface area contributed by atoms with Gasteiger partial charge in [-0.05, 0) is 39.0 Å². The van der Waals surface area contributed by atoms with Crippen LogP contribution >= 0.6 is 0 Å². The Morgan fingerprint density at radius 2 is 1.95 bits per heavy atom. The highest BCUT2D eigenvalue weighted by Crippen LogP contribution is 2.46. The van der Waals surface area contributed by atoms with E-state index in [1.807, 2.05) is 6.92 Å². The van der Waals surface area contributed by atoms with Crippen LogP contribution in [0.15, 0.2) is 0 Å². The molecule has 1 aliphatic carbocycles. The molecule has 1 spiro atoms. The predicted octanol–water partition coefficient (Wildman–Crippen LogP) is 2.49. The molecule has 20 heavy (non-hydrogen) atoms. The molecule has 1 unspecified atom stereocenters. The normalized spacial score (nSPS) is 31.8. The van der Waals surface area contributed by atoms with Gasteiger partial charge in [0.2, 0.25) is 0 Å². The molecule has 2 saturated heterocycles.